The van der Waals surface area contributed by atoms with E-state index in [1.165, 1.54) is 16.8 Å². The minimum Gasteiger partial charge on any atom is -0.319 e. The van der Waals surface area contributed by atoms with Crippen molar-refractivity contribution >= 4 is 15.9 Å². The lowest BCUT2D eigenvalue weighted by atomic mass is 9.90. The Morgan fingerprint density at radius 1 is 1.29 bits per heavy atom. The number of nitrogens with one attached hydrogen (secondary N) is 1. The minimum absolute atomic E-state index is 0.453. The van der Waals surface area contributed by atoms with Gasteiger partial charge in [-0.3, -0.25) is 4.68 Å². The molecule has 0 spiro atoms. The molecule has 0 fully saturated rings. The van der Waals surface area contributed by atoms with Gasteiger partial charge in [0, 0.05) is 19.0 Å². The van der Waals surface area contributed by atoms with E-state index in [2.05, 4.69) is 76.1 Å². The van der Waals surface area contributed by atoms with E-state index in [-0.39, 0.29) is 0 Å². The predicted molar refractivity (Wildman–Crippen MR) is 91.9 cm³/mol. The minimum atomic E-state index is 0.453. The van der Waals surface area contributed by atoms with Crippen molar-refractivity contribution in [2.75, 3.05) is 13.6 Å². The molecule has 2 aromatic rings. The van der Waals surface area contributed by atoms with E-state index in [0.717, 1.165) is 29.7 Å². The standard InChI is InChI=1S/C17H24BrN3/c1-5-21-16(17(18)13(3)20-21)10-14(11-19-4)15-9-7-6-8-12(15)2/h6-9,14,19H,5,10-11H2,1-4H3. The highest BCUT2D eigenvalue weighted by Gasteiger charge is 2.19. The fraction of sp³-hybridized carbons (Fsp3) is 0.471. The first-order valence-corrected chi connectivity index (χ1v) is 8.29. The van der Waals surface area contributed by atoms with Crippen LogP contribution >= 0.6 is 15.9 Å². The number of likely N-dealkylation sites (N-methyl/N-ethyl adjacent to an activating group) is 1. The van der Waals surface area contributed by atoms with E-state index in [9.17, 15) is 0 Å². The van der Waals surface area contributed by atoms with E-state index in [0.29, 0.717) is 5.92 Å². The van der Waals surface area contributed by atoms with Crippen LogP contribution < -0.4 is 5.32 Å². The number of hydrogen-bond acceptors (Lipinski definition) is 2. The Bertz CT molecular complexity index is 604. The molecule has 4 heteroatoms. The van der Waals surface area contributed by atoms with Gasteiger partial charge in [0.25, 0.3) is 0 Å². The quantitative estimate of drug-likeness (QED) is 0.858. The van der Waals surface area contributed by atoms with E-state index in [4.69, 9.17) is 0 Å². The third-order valence-electron chi connectivity index (χ3n) is 3.97. The lowest BCUT2D eigenvalue weighted by Crippen LogP contribution is -2.21. The normalized spacial score (nSPS) is 12.6. The van der Waals surface area contributed by atoms with E-state index in [1.807, 2.05) is 7.05 Å². The molecule has 114 valence electrons. The van der Waals surface area contributed by atoms with Gasteiger partial charge in [-0.25, -0.2) is 0 Å². The molecule has 3 nitrogen and oxygen atoms in total. The molecule has 0 saturated carbocycles. The van der Waals surface area contributed by atoms with Gasteiger partial charge in [-0.1, -0.05) is 24.3 Å². The van der Waals surface area contributed by atoms with Crippen LogP contribution in [0.2, 0.25) is 0 Å². The van der Waals surface area contributed by atoms with Crippen LogP contribution in [0, 0.1) is 13.8 Å². The molecular weight excluding hydrogens is 326 g/mol. The number of hydrogen-bond donors (Lipinski definition) is 1. The van der Waals surface area contributed by atoms with Crippen molar-refractivity contribution < 1.29 is 0 Å². The molecule has 0 bridgehead atoms. The molecule has 0 amide bonds. The monoisotopic (exact) mass is 349 g/mol. The second-order valence-electron chi connectivity index (χ2n) is 5.48. The number of halogens is 1. The van der Waals surface area contributed by atoms with Gasteiger partial charge in [-0.2, -0.15) is 5.10 Å². The summed E-state index contributed by atoms with van der Waals surface area (Å²) < 4.78 is 3.26. The number of benzene rings is 1. The van der Waals surface area contributed by atoms with Crippen LogP contribution in [-0.2, 0) is 13.0 Å². The van der Waals surface area contributed by atoms with Crippen molar-refractivity contribution in [2.24, 2.45) is 0 Å². The van der Waals surface area contributed by atoms with Crippen molar-refractivity contribution in [3.8, 4) is 0 Å². The molecular formula is C17H24BrN3. The second-order valence-corrected chi connectivity index (χ2v) is 6.27. The molecule has 1 heterocycles. The smallest absolute Gasteiger partial charge is 0.0738 e. The van der Waals surface area contributed by atoms with E-state index < -0.39 is 0 Å². The zero-order valence-corrected chi connectivity index (χ0v) is 14.9. The van der Waals surface area contributed by atoms with Gasteiger partial charge in [0.2, 0.25) is 0 Å². The lowest BCUT2D eigenvalue weighted by molar-refractivity contribution is 0.561. The summed E-state index contributed by atoms with van der Waals surface area (Å²) in [5.74, 6) is 0.453. The van der Waals surface area contributed by atoms with Gasteiger partial charge in [-0.05, 0) is 61.3 Å². The Labute approximate surface area is 135 Å². The first kappa shape index (κ1) is 16.2. The van der Waals surface area contributed by atoms with Crippen molar-refractivity contribution in [1.29, 1.82) is 0 Å². The van der Waals surface area contributed by atoms with Crippen molar-refractivity contribution in [2.45, 2.75) is 39.7 Å². The number of aryl methyl sites for hydroxylation is 3. The van der Waals surface area contributed by atoms with Gasteiger partial charge in [0.15, 0.2) is 0 Å². The summed E-state index contributed by atoms with van der Waals surface area (Å²) >= 11 is 3.71. The average Bonchev–Trinajstić information content (AvgIpc) is 2.75. The highest BCUT2D eigenvalue weighted by atomic mass is 79.9. The van der Waals surface area contributed by atoms with Crippen LogP contribution in [0.15, 0.2) is 28.7 Å². The zero-order chi connectivity index (χ0) is 15.4. The summed E-state index contributed by atoms with van der Waals surface area (Å²) in [5, 5.41) is 7.94. The number of rotatable bonds is 6. The van der Waals surface area contributed by atoms with Gasteiger partial charge in [0.1, 0.15) is 0 Å². The number of aromatic nitrogens is 2. The second kappa shape index (κ2) is 7.23. The van der Waals surface area contributed by atoms with Gasteiger partial charge < -0.3 is 5.32 Å². The van der Waals surface area contributed by atoms with Crippen LogP contribution in [0.5, 0.6) is 0 Å². The van der Waals surface area contributed by atoms with Gasteiger partial charge >= 0.3 is 0 Å². The molecule has 1 aromatic heterocycles. The van der Waals surface area contributed by atoms with Crippen LogP contribution in [0.1, 0.15) is 35.4 Å². The molecule has 1 unspecified atom stereocenters. The van der Waals surface area contributed by atoms with Crippen molar-refractivity contribution in [3.63, 3.8) is 0 Å². The Kier molecular flexibility index (Phi) is 5.59. The average molecular weight is 350 g/mol. The third-order valence-corrected chi connectivity index (χ3v) is 5.00. The molecule has 2 rings (SSSR count). The molecule has 0 saturated heterocycles. The van der Waals surface area contributed by atoms with Crippen LogP contribution in [0.4, 0.5) is 0 Å². The highest BCUT2D eigenvalue weighted by molar-refractivity contribution is 9.10. The SMILES string of the molecule is CCn1nc(C)c(Br)c1CC(CNC)c1ccccc1C. The molecule has 1 aromatic carbocycles. The van der Waals surface area contributed by atoms with Crippen LogP contribution in [0.25, 0.3) is 0 Å². The third kappa shape index (κ3) is 3.55. The Morgan fingerprint density at radius 2 is 2.00 bits per heavy atom. The molecule has 0 aliphatic carbocycles. The Balaban J connectivity index is 2.35. The summed E-state index contributed by atoms with van der Waals surface area (Å²) in [7, 11) is 2.02. The fourth-order valence-corrected chi connectivity index (χ4v) is 3.33. The summed E-state index contributed by atoms with van der Waals surface area (Å²) in [6.07, 6.45) is 0.987. The first-order chi connectivity index (χ1) is 10.1. The predicted octanol–water partition coefficient (Wildman–Crippen LogP) is 3.83. The van der Waals surface area contributed by atoms with Gasteiger partial charge in [0.05, 0.1) is 15.9 Å². The summed E-state index contributed by atoms with van der Waals surface area (Å²) in [5.41, 5.74) is 5.13. The van der Waals surface area contributed by atoms with Crippen LogP contribution in [-0.4, -0.2) is 23.4 Å². The molecule has 0 aliphatic heterocycles. The van der Waals surface area contributed by atoms with Crippen molar-refractivity contribution in [3.05, 3.63) is 51.3 Å². The van der Waals surface area contributed by atoms with Crippen LogP contribution in [0.3, 0.4) is 0 Å². The molecule has 1 N–H and O–H groups in total. The summed E-state index contributed by atoms with van der Waals surface area (Å²) in [6, 6.07) is 8.66. The Morgan fingerprint density at radius 3 is 2.62 bits per heavy atom. The fourth-order valence-electron chi connectivity index (χ4n) is 2.88. The lowest BCUT2D eigenvalue weighted by Gasteiger charge is -2.20. The zero-order valence-electron chi connectivity index (χ0n) is 13.3. The highest BCUT2D eigenvalue weighted by Crippen LogP contribution is 2.29. The van der Waals surface area contributed by atoms with Crippen molar-refractivity contribution in [1.82, 2.24) is 15.1 Å². The van der Waals surface area contributed by atoms with Gasteiger partial charge in [-0.15, -0.1) is 0 Å². The van der Waals surface area contributed by atoms with E-state index >= 15 is 0 Å². The maximum Gasteiger partial charge on any atom is 0.0738 e. The maximum atomic E-state index is 4.61. The first-order valence-electron chi connectivity index (χ1n) is 7.50. The maximum absolute atomic E-state index is 4.61. The number of nitrogens with zero attached hydrogens (tertiary/aromatic N) is 2. The van der Waals surface area contributed by atoms with E-state index in [1.54, 1.807) is 0 Å². The largest absolute Gasteiger partial charge is 0.319 e. The molecule has 1 atom stereocenters. The summed E-state index contributed by atoms with van der Waals surface area (Å²) in [6.45, 7) is 8.26. The molecule has 21 heavy (non-hydrogen) atoms. The topological polar surface area (TPSA) is 29.9 Å². The molecule has 0 radical (unpaired) electrons. The summed E-state index contributed by atoms with van der Waals surface area (Å²) in [4.78, 5) is 0. The Hall–Kier alpha value is -1.13. The molecule has 0 aliphatic rings.